The van der Waals surface area contributed by atoms with E-state index in [2.05, 4.69) is 38.0 Å². The van der Waals surface area contributed by atoms with Crippen LogP contribution in [0.5, 0.6) is 0 Å². The van der Waals surface area contributed by atoms with E-state index in [1.807, 2.05) is 30.3 Å². The minimum atomic E-state index is 0.451. The molecule has 1 aromatic heterocycles. The van der Waals surface area contributed by atoms with Gasteiger partial charge in [0.15, 0.2) is 11.8 Å². The van der Waals surface area contributed by atoms with Crippen LogP contribution in [-0.2, 0) is 13.6 Å². The summed E-state index contributed by atoms with van der Waals surface area (Å²) in [5.74, 6) is 6.08. The first kappa shape index (κ1) is 16.4. The number of aliphatic imine (C=N–C) groups is 1. The van der Waals surface area contributed by atoms with Gasteiger partial charge >= 0.3 is 0 Å². The Kier molecular flexibility index (Phi) is 7.58. The zero-order valence-corrected chi connectivity index (χ0v) is 13.1. The molecule has 0 amide bonds. The Morgan fingerprint density at radius 2 is 2.25 bits per heavy atom. The molecule has 1 aromatic rings. The van der Waals surface area contributed by atoms with Crippen LogP contribution < -0.4 is 10.6 Å². The molecule has 0 aliphatic carbocycles. The third-order valence-electron chi connectivity index (χ3n) is 2.74. The average Bonchev–Trinajstić information content (AvgIpc) is 2.77. The third kappa shape index (κ3) is 5.53. The number of hydrogen-bond donors (Lipinski definition) is 2. The van der Waals surface area contributed by atoms with Crippen LogP contribution in [0.1, 0.15) is 18.1 Å². The van der Waals surface area contributed by atoms with Gasteiger partial charge in [-0.15, -0.1) is 16.6 Å². The number of nitrogens with one attached hydrogen (secondary N) is 2. The molecule has 0 aromatic carbocycles. The Bertz CT molecular complexity index is 474. The van der Waals surface area contributed by atoms with Gasteiger partial charge in [0.25, 0.3) is 0 Å². The molecule has 1 rings (SSSR count). The molecule has 20 heavy (non-hydrogen) atoms. The smallest absolute Gasteiger partial charge is 0.192 e. The molecule has 6 nitrogen and oxygen atoms in total. The van der Waals surface area contributed by atoms with Crippen molar-refractivity contribution in [1.82, 2.24) is 25.4 Å². The standard InChI is InChI=1S/C13H22N6S/c1-5-7-14-13(15-8-6-9-20-4)16-10-12-18-17-11(2)19(12)3/h1H,6-10H2,2-4H3,(H2,14,15,16). The van der Waals surface area contributed by atoms with Gasteiger partial charge < -0.3 is 15.2 Å². The summed E-state index contributed by atoms with van der Waals surface area (Å²) in [6.45, 7) is 3.71. The Morgan fingerprint density at radius 1 is 1.45 bits per heavy atom. The maximum Gasteiger partial charge on any atom is 0.192 e. The van der Waals surface area contributed by atoms with E-state index in [9.17, 15) is 0 Å². The summed E-state index contributed by atoms with van der Waals surface area (Å²) < 4.78 is 1.93. The minimum absolute atomic E-state index is 0.451. The molecule has 0 fully saturated rings. The number of terminal acetylenes is 1. The van der Waals surface area contributed by atoms with Crippen molar-refractivity contribution in [3.63, 3.8) is 0 Å². The van der Waals surface area contributed by atoms with Crippen LogP contribution in [-0.4, -0.2) is 45.8 Å². The molecular weight excluding hydrogens is 272 g/mol. The molecule has 0 aliphatic rings. The Balaban J connectivity index is 2.55. The average molecular weight is 294 g/mol. The highest BCUT2D eigenvalue weighted by atomic mass is 32.2. The van der Waals surface area contributed by atoms with Crippen molar-refractivity contribution in [3.8, 4) is 12.3 Å². The number of rotatable bonds is 7. The number of nitrogens with zero attached hydrogens (tertiary/aromatic N) is 4. The van der Waals surface area contributed by atoms with Gasteiger partial charge in [-0.2, -0.15) is 11.8 Å². The van der Waals surface area contributed by atoms with Crippen LogP contribution in [0.2, 0.25) is 0 Å². The fourth-order valence-corrected chi connectivity index (χ4v) is 1.90. The molecule has 1 heterocycles. The van der Waals surface area contributed by atoms with Crippen molar-refractivity contribution in [3.05, 3.63) is 11.6 Å². The predicted molar refractivity (Wildman–Crippen MR) is 84.7 cm³/mol. The fourth-order valence-electron chi connectivity index (χ4n) is 1.47. The van der Waals surface area contributed by atoms with Gasteiger partial charge in [-0.25, -0.2) is 4.99 Å². The second-order valence-corrected chi connectivity index (χ2v) is 5.20. The van der Waals surface area contributed by atoms with Crippen LogP contribution in [0, 0.1) is 19.3 Å². The lowest BCUT2D eigenvalue weighted by Gasteiger charge is -2.10. The molecule has 110 valence electrons. The zero-order chi connectivity index (χ0) is 14.8. The third-order valence-corrected chi connectivity index (χ3v) is 3.43. The monoisotopic (exact) mass is 294 g/mol. The topological polar surface area (TPSA) is 67.1 Å². The SMILES string of the molecule is C#CCNC(=NCc1nnc(C)n1C)NCCCSC. The van der Waals surface area contributed by atoms with Crippen molar-refractivity contribution >= 4 is 17.7 Å². The van der Waals surface area contributed by atoms with Gasteiger partial charge in [-0.3, -0.25) is 0 Å². The van der Waals surface area contributed by atoms with Gasteiger partial charge in [0, 0.05) is 13.6 Å². The lowest BCUT2D eigenvalue weighted by atomic mass is 10.5. The lowest BCUT2D eigenvalue weighted by Crippen LogP contribution is -2.38. The first-order valence-electron chi connectivity index (χ1n) is 6.48. The number of thioether (sulfide) groups is 1. The Hall–Kier alpha value is -1.68. The van der Waals surface area contributed by atoms with Crippen molar-refractivity contribution in [1.29, 1.82) is 0 Å². The molecule has 0 unspecified atom stereocenters. The van der Waals surface area contributed by atoms with E-state index in [1.54, 1.807) is 0 Å². The minimum Gasteiger partial charge on any atom is -0.356 e. The van der Waals surface area contributed by atoms with Gasteiger partial charge in [-0.1, -0.05) is 5.92 Å². The maximum absolute atomic E-state index is 5.26. The highest BCUT2D eigenvalue weighted by molar-refractivity contribution is 7.98. The van der Waals surface area contributed by atoms with Crippen LogP contribution in [0.25, 0.3) is 0 Å². The predicted octanol–water partition coefficient (Wildman–Crippen LogP) is 0.545. The molecular formula is C13H22N6S. The molecule has 0 radical (unpaired) electrons. The normalized spacial score (nSPS) is 11.2. The van der Waals surface area contributed by atoms with Crippen molar-refractivity contribution in [2.24, 2.45) is 12.0 Å². The van der Waals surface area contributed by atoms with E-state index in [0.717, 1.165) is 30.4 Å². The van der Waals surface area contributed by atoms with Crippen molar-refractivity contribution in [2.45, 2.75) is 19.9 Å². The van der Waals surface area contributed by atoms with E-state index in [-0.39, 0.29) is 0 Å². The summed E-state index contributed by atoms with van der Waals surface area (Å²) in [5.41, 5.74) is 0. The first-order chi connectivity index (χ1) is 9.69. The quantitative estimate of drug-likeness (QED) is 0.333. The number of aromatic nitrogens is 3. The van der Waals surface area contributed by atoms with E-state index in [1.165, 1.54) is 0 Å². The van der Waals surface area contributed by atoms with Gasteiger partial charge in [-0.05, 0) is 25.4 Å². The summed E-state index contributed by atoms with van der Waals surface area (Å²) >= 11 is 1.83. The molecule has 0 spiro atoms. The number of aryl methyl sites for hydroxylation is 1. The molecule has 0 bridgehead atoms. The van der Waals surface area contributed by atoms with Crippen molar-refractivity contribution < 1.29 is 0 Å². The number of hydrogen-bond acceptors (Lipinski definition) is 4. The summed E-state index contributed by atoms with van der Waals surface area (Å²) in [4.78, 5) is 4.47. The highest BCUT2D eigenvalue weighted by Gasteiger charge is 2.04. The van der Waals surface area contributed by atoms with Crippen molar-refractivity contribution in [2.75, 3.05) is 25.1 Å². The summed E-state index contributed by atoms with van der Waals surface area (Å²) in [6, 6.07) is 0. The largest absolute Gasteiger partial charge is 0.356 e. The van der Waals surface area contributed by atoms with E-state index in [4.69, 9.17) is 6.42 Å². The second kappa shape index (κ2) is 9.26. The molecule has 0 aliphatic heterocycles. The van der Waals surface area contributed by atoms with Crippen LogP contribution in [0.15, 0.2) is 4.99 Å². The lowest BCUT2D eigenvalue weighted by molar-refractivity contribution is 0.755. The maximum atomic E-state index is 5.26. The van der Waals surface area contributed by atoms with Gasteiger partial charge in [0.1, 0.15) is 12.4 Å². The van der Waals surface area contributed by atoms with Crippen LogP contribution in [0.3, 0.4) is 0 Å². The van der Waals surface area contributed by atoms with Gasteiger partial charge in [0.05, 0.1) is 6.54 Å². The second-order valence-electron chi connectivity index (χ2n) is 4.22. The fraction of sp³-hybridized carbons (Fsp3) is 0.615. The van der Waals surface area contributed by atoms with Gasteiger partial charge in [0.2, 0.25) is 0 Å². The summed E-state index contributed by atoms with van der Waals surface area (Å²) in [7, 11) is 1.93. The number of guanidine groups is 1. The molecule has 0 saturated carbocycles. The van der Waals surface area contributed by atoms with E-state index < -0.39 is 0 Å². The zero-order valence-electron chi connectivity index (χ0n) is 12.3. The highest BCUT2D eigenvalue weighted by Crippen LogP contribution is 1.99. The van der Waals surface area contributed by atoms with Crippen LogP contribution in [0.4, 0.5) is 0 Å². The van der Waals surface area contributed by atoms with E-state index in [0.29, 0.717) is 19.0 Å². The molecule has 2 N–H and O–H groups in total. The summed E-state index contributed by atoms with van der Waals surface area (Å²) in [5, 5.41) is 14.4. The summed E-state index contributed by atoms with van der Waals surface area (Å²) in [6.07, 6.45) is 8.45. The Labute approximate surface area is 124 Å². The first-order valence-corrected chi connectivity index (χ1v) is 7.88. The molecule has 0 atom stereocenters. The van der Waals surface area contributed by atoms with E-state index >= 15 is 0 Å². The Morgan fingerprint density at radius 3 is 2.85 bits per heavy atom. The molecule has 7 heteroatoms. The molecule has 0 saturated heterocycles. The van der Waals surface area contributed by atoms with Crippen LogP contribution >= 0.6 is 11.8 Å².